The number of fused-ring (bicyclic) bond motifs is 3. The monoisotopic (exact) mass is 360 g/mol. The fourth-order valence-electron chi connectivity index (χ4n) is 3.30. The normalized spacial score (nSPS) is 35.9. The number of allylic oxidation sites excluding steroid dienone is 1. The van der Waals surface area contributed by atoms with Crippen LogP contribution in [0, 0.1) is 5.92 Å². The van der Waals surface area contributed by atoms with Gasteiger partial charge in [0, 0.05) is 17.2 Å². The molecule has 1 N–H and O–H groups in total. The van der Waals surface area contributed by atoms with Gasteiger partial charge in [0.05, 0.1) is 5.92 Å². The summed E-state index contributed by atoms with van der Waals surface area (Å²) >= 11 is 0. The van der Waals surface area contributed by atoms with Crippen LogP contribution >= 0.6 is 0 Å². The molecule has 3 aliphatic heterocycles. The third kappa shape index (κ3) is 2.59. The number of carbonyl (C=O) groups excluding carboxylic acids is 3. The van der Waals surface area contributed by atoms with E-state index < -0.39 is 47.6 Å². The van der Waals surface area contributed by atoms with Crippen molar-refractivity contribution in [2.75, 3.05) is 0 Å². The minimum atomic E-state index is -1.66. The molecule has 0 aromatic rings. The van der Waals surface area contributed by atoms with Crippen molar-refractivity contribution in [1.29, 1.82) is 0 Å². The molecule has 3 rings (SSSR count). The Morgan fingerprint density at radius 3 is 2.65 bits per heavy atom. The standard InChI is InChI=1S/C19H20O7/c1-8(2)17(22)25-15-14-10(4)18(23)24-12(14)6-9(3)11-7-13(20)19(5,26-11)16(15)21/h6-7,12,14-16,21H,1,4H2,2-3,5H3. The van der Waals surface area contributed by atoms with Crippen molar-refractivity contribution in [2.24, 2.45) is 5.92 Å². The van der Waals surface area contributed by atoms with E-state index in [0.717, 1.165) is 0 Å². The predicted molar refractivity (Wildman–Crippen MR) is 89.5 cm³/mol. The molecule has 26 heavy (non-hydrogen) atoms. The third-order valence-electron chi connectivity index (χ3n) is 4.96. The van der Waals surface area contributed by atoms with Crippen molar-refractivity contribution in [2.45, 2.75) is 44.7 Å². The average molecular weight is 360 g/mol. The molecule has 2 bridgehead atoms. The van der Waals surface area contributed by atoms with E-state index >= 15 is 0 Å². The summed E-state index contributed by atoms with van der Waals surface area (Å²) in [6.45, 7) is 11.8. The van der Waals surface area contributed by atoms with Gasteiger partial charge in [-0.2, -0.15) is 0 Å². The van der Waals surface area contributed by atoms with Crippen LogP contribution in [0.15, 0.2) is 47.8 Å². The Bertz CT molecular complexity index is 803. The van der Waals surface area contributed by atoms with Crippen LogP contribution in [0.5, 0.6) is 0 Å². The summed E-state index contributed by atoms with van der Waals surface area (Å²) in [6.07, 6.45) is -0.767. The molecule has 138 valence electrons. The summed E-state index contributed by atoms with van der Waals surface area (Å²) in [5.74, 6) is -2.45. The quantitative estimate of drug-likeness (QED) is 0.582. The Morgan fingerprint density at radius 2 is 2.04 bits per heavy atom. The van der Waals surface area contributed by atoms with Gasteiger partial charge in [0.25, 0.3) is 0 Å². The van der Waals surface area contributed by atoms with Crippen molar-refractivity contribution in [3.63, 3.8) is 0 Å². The lowest BCUT2D eigenvalue weighted by Crippen LogP contribution is -2.55. The third-order valence-corrected chi connectivity index (χ3v) is 4.96. The molecular formula is C19H20O7. The number of ketones is 1. The first-order valence-corrected chi connectivity index (χ1v) is 8.14. The number of hydrogen-bond donors (Lipinski definition) is 1. The molecule has 1 fully saturated rings. The SMILES string of the molecule is C=C(C)C(=O)OC1C2C(=C)C(=O)OC2C=C(C)C2=CC(=O)C(C)(O2)C1O. The van der Waals surface area contributed by atoms with Crippen molar-refractivity contribution >= 4 is 17.7 Å². The van der Waals surface area contributed by atoms with Crippen LogP contribution in [0.2, 0.25) is 0 Å². The lowest BCUT2D eigenvalue weighted by atomic mass is 9.80. The van der Waals surface area contributed by atoms with Crippen LogP contribution in [-0.4, -0.2) is 46.7 Å². The lowest BCUT2D eigenvalue weighted by molar-refractivity contribution is -0.175. The summed E-state index contributed by atoms with van der Waals surface area (Å²) in [7, 11) is 0. The van der Waals surface area contributed by atoms with Gasteiger partial charge < -0.3 is 19.3 Å². The molecule has 0 saturated carbocycles. The molecule has 7 heteroatoms. The Hall–Kier alpha value is -2.67. The molecule has 0 aliphatic carbocycles. The van der Waals surface area contributed by atoms with Gasteiger partial charge in [0.2, 0.25) is 5.78 Å². The molecule has 5 atom stereocenters. The molecule has 3 heterocycles. The Morgan fingerprint density at radius 1 is 1.38 bits per heavy atom. The summed E-state index contributed by atoms with van der Waals surface area (Å²) in [5, 5.41) is 11.0. The Balaban J connectivity index is 2.14. The van der Waals surface area contributed by atoms with Gasteiger partial charge in [-0.1, -0.05) is 13.2 Å². The molecule has 0 spiro atoms. The maximum absolute atomic E-state index is 12.5. The second-order valence-electron chi connectivity index (χ2n) is 6.95. The number of ether oxygens (including phenoxy) is 3. The highest BCUT2D eigenvalue weighted by Crippen LogP contribution is 2.42. The number of rotatable bonds is 2. The highest BCUT2D eigenvalue weighted by Gasteiger charge is 2.57. The molecule has 0 radical (unpaired) electrons. The number of aliphatic hydroxyl groups is 1. The van der Waals surface area contributed by atoms with Crippen LogP contribution in [0.1, 0.15) is 20.8 Å². The second kappa shape index (κ2) is 5.95. The molecule has 7 nitrogen and oxygen atoms in total. The van der Waals surface area contributed by atoms with E-state index in [1.54, 1.807) is 13.0 Å². The van der Waals surface area contributed by atoms with Crippen molar-refractivity contribution < 1.29 is 33.7 Å². The topological polar surface area (TPSA) is 99.1 Å². The first kappa shape index (κ1) is 18.1. The molecule has 1 saturated heterocycles. The Kier molecular flexibility index (Phi) is 4.15. The van der Waals surface area contributed by atoms with Crippen LogP contribution in [0.25, 0.3) is 0 Å². The van der Waals surface area contributed by atoms with Crippen molar-refractivity contribution in [3.8, 4) is 0 Å². The zero-order valence-corrected chi connectivity index (χ0v) is 14.8. The molecule has 0 amide bonds. The fourth-order valence-corrected chi connectivity index (χ4v) is 3.30. The molecule has 5 unspecified atom stereocenters. The van der Waals surface area contributed by atoms with E-state index in [1.807, 2.05) is 0 Å². The van der Waals surface area contributed by atoms with Gasteiger partial charge >= 0.3 is 11.9 Å². The van der Waals surface area contributed by atoms with Crippen LogP contribution in [0.3, 0.4) is 0 Å². The van der Waals surface area contributed by atoms with E-state index in [2.05, 4.69) is 13.2 Å². The van der Waals surface area contributed by atoms with Gasteiger partial charge in [-0.15, -0.1) is 0 Å². The van der Waals surface area contributed by atoms with E-state index in [0.29, 0.717) is 5.57 Å². The smallest absolute Gasteiger partial charge is 0.334 e. The summed E-state index contributed by atoms with van der Waals surface area (Å²) in [4.78, 5) is 36.7. The van der Waals surface area contributed by atoms with E-state index in [-0.39, 0.29) is 16.9 Å². The van der Waals surface area contributed by atoms with Gasteiger partial charge in [-0.05, 0) is 32.4 Å². The summed E-state index contributed by atoms with van der Waals surface area (Å²) in [6, 6.07) is 0. The molecule has 0 aromatic heterocycles. The second-order valence-corrected chi connectivity index (χ2v) is 6.95. The van der Waals surface area contributed by atoms with Crippen LogP contribution in [-0.2, 0) is 28.6 Å². The predicted octanol–water partition coefficient (Wildman–Crippen LogP) is 1.13. The average Bonchev–Trinajstić information content (AvgIpc) is 3.02. The van der Waals surface area contributed by atoms with Crippen LogP contribution in [0.4, 0.5) is 0 Å². The molecule has 0 aromatic carbocycles. The van der Waals surface area contributed by atoms with Gasteiger partial charge in [-0.25, -0.2) is 9.59 Å². The van der Waals surface area contributed by atoms with Gasteiger partial charge in [0.1, 0.15) is 24.1 Å². The molecular weight excluding hydrogens is 340 g/mol. The van der Waals surface area contributed by atoms with Crippen molar-refractivity contribution in [1.82, 2.24) is 0 Å². The Labute approximate surface area is 150 Å². The lowest BCUT2D eigenvalue weighted by Gasteiger charge is -2.36. The first-order valence-electron chi connectivity index (χ1n) is 8.14. The van der Waals surface area contributed by atoms with Crippen molar-refractivity contribution in [3.05, 3.63) is 47.8 Å². The number of aliphatic hydroxyl groups excluding tert-OH is 1. The fraction of sp³-hybridized carbons (Fsp3) is 0.421. The van der Waals surface area contributed by atoms with E-state index in [4.69, 9.17) is 14.2 Å². The maximum atomic E-state index is 12.5. The minimum Gasteiger partial charge on any atom is -0.476 e. The summed E-state index contributed by atoms with van der Waals surface area (Å²) < 4.78 is 16.5. The van der Waals surface area contributed by atoms with Crippen LogP contribution < -0.4 is 0 Å². The zero-order valence-electron chi connectivity index (χ0n) is 14.8. The van der Waals surface area contributed by atoms with Gasteiger partial charge in [-0.3, -0.25) is 4.79 Å². The zero-order chi connectivity index (χ0) is 19.4. The summed E-state index contributed by atoms with van der Waals surface area (Å²) in [5.41, 5.74) is -0.927. The number of carbonyl (C=O) groups is 3. The van der Waals surface area contributed by atoms with Gasteiger partial charge in [0.15, 0.2) is 5.60 Å². The number of esters is 2. The minimum absolute atomic E-state index is 0.0559. The molecule has 3 aliphatic rings. The maximum Gasteiger partial charge on any atom is 0.334 e. The van der Waals surface area contributed by atoms with E-state index in [9.17, 15) is 19.5 Å². The number of hydrogen-bond acceptors (Lipinski definition) is 7. The highest BCUT2D eigenvalue weighted by molar-refractivity contribution is 6.00. The van der Waals surface area contributed by atoms with E-state index in [1.165, 1.54) is 19.9 Å². The first-order chi connectivity index (χ1) is 12.1. The largest absolute Gasteiger partial charge is 0.476 e. The highest BCUT2D eigenvalue weighted by atomic mass is 16.6.